The third kappa shape index (κ3) is 5.39. The van der Waals surface area contributed by atoms with E-state index in [9.17, 15) is 9.59 Å². The second kappa shape index (κ2) is 9.30. The number of anilines is 2. The number of aromatic nitrogens is 1. The van der Waals surface area contributed by atoms with Crippen LogP contribution in [-0.4, -0.2) is 40.8 Å². The van der Waals surface area contributed by atoms with Crippen molar-refractivity contribution in [3.05, 3.63) is 52.6 Å². The molecule has 1 saturated heterocycles. The highest BCUT2D eigenvalue weighted by molar-refractivity contribution is 9.10. The number of hydrogen-bond acceptors (Lipinski definition) is 4. The topological polar surface area (TPSA) is 74.3 Å². The van der Waals surface area contributed by atoms with Gasteiger partial charge in [0.2, 0.25) is 11.8 Å². The van der Waals surface area contributed by atoms with Crippen LogP contribution in [0.3, 0.4) is 0 Å². The van der Waals surface area contributed by atoms with Gasteiger partial charge < -0.3 is 10.6 Å². The van der Waals surface area contributed by atoms with E-state index in [2.05, 4.69) is 36.4 Å². The zero-order valence-corrected chi connectivity index (χ0v) is 17.7. The smallest absolute Gasteiger partial charge is 0.241 e. The van der Waals surface area contributed by atoms with Gasteiger partial charge in [0, 0.05) is 22.3 Å². The lowest BCUT2D eigenvalue weighted by molar-refractivity contribution is -0.123. The number of amides is 2. The maximum absolute atomic E-state index is 12.6. The molecule has 2 heterocycles. The lowest BCUT2D eigenvalue weighted by Gasteiger charge is -2.34. The van der Waals surface area contributed by atoms with Crippen LogP contribution in [0, 0.1) is 12.8 Å². The maximum atomic E-state index is 12.6. The first-order valence-electron chi connectivity index (χ1n) is 9.46. The molecule has 1 unspecified atom stereocenters. The van der Waals surface area contributed by atoms with Crippen LogP contribution >= 0.6 is 15.9 Å². The summed E-state index contributed by atoms with van der Waals surface area (Å²) in [6, 6.07) is 11.1. The van der Waals surface area contributed by atoms with Gasteiger partial charge in [-0.05, 0) is 75.7 Å². The van der Waals surface area contributed by atoms with Gasteiger partial charge in [-0.3, -0.25) is 14.5 Å². The number of benzene rings is 1. The molecule has 0 radical (unpaired) electrons. The van der Waals surface area contributed by atoms with Gasteiger partial charge >= 0.3 is 0 Å². The van der Waals surface area contributed by atoms with Gasteiger partial charge in [0.1, 0.15) is 5.82 Å². The third-order valence-corrected chi connectivity index (χ3v) is 5.58. The van der Waals surface area contributed by atoms with Crippen LogP contribution in [0.15, 0.2) is 47.1 Å². The summed E-state index contributed by atoms with van der Waals surface area (Å²) in [7, 11) is 0. The van der Waals surface area contributed by atoms with Crippen molar-refractivity contribution in [2.45, 2.75) is 32.7 Å². The van der Waals surface area contributed by atoms with E-state index in [1.54, 1.807) is 6.20 Å². The molecule has 1 aliphatic rings. The Bertz CT molecular complexity index is 850. The van der Waals surface area contributed by atoms with Crippen LogP contribution in [-0.2, 0) is 9.59 Å². The molecule has 6 nitrogen and oxygen atoms in total. The highest BCUT2D eigenvalue weighted by Gasteiger charge is 2.30. The first kappa shape index (κ1) is 20.5. The lowest BCUT2D eigenvalue weighted by Crippen LogP contribution is -2.47. The predicted octanol–water partition coefficient (Wildman–Crippen LogP) is 3.83. The molecule has 1 fully saturated rings. The average Bonchev–Trinajstić information content (AvgIpc) is 2.67. The first-order valence-corrected chi connectivity index (χ1v) is 10.3. The molecule has 1 aromatic heterocycles. The van der Waals surface area contributed by atoms with Crippen LogP contribution in [0.5, 0.6) is 0 Å². The number of rotatable bonds is 5. The van der Waals surface area contributed by atoms with Crippen LogP contribution < -0.4 is 10.6 Å². The quantitative estimate of drug-likeness (QED) is 0.734. The molecule has 7 heteroatoms. The molecular weight excluding hydrogens is 420 g/mol. The Morgan fingerprint density at radius 2 is 1.93 bits per heavy atom. The molecule has 0 aliphatic carbocycles. The number of aryl methyl sites for hydroxylation is 1. The van der Waals surface area contributed by atoms with Gasteiger partial charge in [-0.2, -0.15) is 0 Å². The first-order chi connectivity index (χ1) is 13.4. The van der Waals surface area contributed by atoms with Gasteiger partial charge in [-0.15, -0.1) is 0 Å². The van der Waals surface area contributed by atoms with Crippen molar-refractivity contribution in [2.24, 2.45) is 5.92 Å². The molecule has 0 spiro atoms. The van der Waals surface area contributed by atoms with Gasteiger partial charge in [0.05, 0.1) is 6.04 Å². The molecule has 1 aromatic carbocycles. The van der Waals surface area contributed by atoms with Gasteiger partial charge in [-0.1, -0.05) is 22.0 Å². The number of halogens is 1. The Hall–Kier alpha value is -2.25. The van der Waals surface area contributed by atoms with E-state index in [-0.39, 0.29) is 23.8 Å². The van der Waals surface area contributed by atoms with Crippen molar-refractivity contribution in [2.75, 3.05) is 23.7 Å². The van der Waals surface area contributed by atoms with Crippen molar-refractivity contribution in [1.29, 1.82) is 0 Å². The second-order valence-corrected chi connectivity index (χ2v) is 8.11. The SMILES string of the molecule is Cc1ccnc(NC(=O)C2CCN(C(C)C(=O)Nc3cccc(Br)c3)CC2)c1. The van der Waals surface area contributed by atoms with E-state index in [0.29, 0.717) is 18.9 Å². The zero-order chi connectivity index (χ0) is 20.1. The minimum absolute atomic E-state index is 0.00369. The number of carbonyl (C=O) groups excluding carboxylic acids is 2. The molecule has 148 valence electrons. The summed E-state index contributed by atoms with van der Waals surface area (Å²) < 4.78 is 0.924. The number of likely N-dealkylation sites (tertiary alicyclic amines) is 1. The van der Waals surface area contributed by atoms with Crippen LogP contribution in [0.4, 0.5) is 11.5 Å². The standard InChI is InChI=1S/C21H25BrN4O2/c1-14-6-9-23-19(12-14)25-21(28)16-7-10-26(11-8-16)15(2)20(27)24-18-5-3-4-17(22)13-18/h3-6,9,12-13,15-16H,7-8,10-11H2,1-2H3,(H,24,27)(H,23,25,28). The Kier molecular flexibility index (Phi) is 6.80. The fraction of sp³-hybridized carbons (Fsp3) is 0.381. The molecule has 28 heavy (non-hydrogen) atoms. The zero-order valence-electron chi connectivity index (χ0n) is 16.1. The van der Waals surface area contributed by atoms with E-state index >= 15 is 0 Å². The van der Waals surface area contributed by atoms with E-state index in [1.807, 2.05) is 50.2 Å². The lowest BCUT2D eigenvalue weighted by atomic mass is 9.95. The fourth-order valence-corrected chi connectivity index (χ4v) is 3.76. The molecular formula is C21H25BrN4O2. The molecule has 1 aliphatic heterocycles. The van der Waals surface area contributed by atoms with E-state index in [4.69, 9.17) is 0 Å². The normalized spacial score (nSPS) is 16.4. The molecule has 2 aromatic rings. The van der Waals surface area contributed by atoms with Crippen molar-refractivity contribution < 1.29 is 9.59 Å². The number of carbonyl (C=O) groups is 2. The number of pyridine rings is 1. The molecule has 1 atom stereocenters. The molecule has 0 saturated carbocycles. The summed E-state index contributed by atoms with van der Waals surface area (Å²) in [5.74, 6) is 0.502. The Morgan fingerprint density at radius 1 is 1.18 bits per heavy atom. The minimum Gasteiger partial charge on any atom is -0.325 e. The van der Waals surface area contributed by atoms with E-state index in [1.165, 1.54) is 0 Å². The fourth-order valence-electron chi connectivity index (χ4n) is 3.36. The van der Waals surface area contributed by atoms with E-state index in [0.717, 1.165) is 28.6 Å². The Morgan fingerprint density at radius 3 is 2.61 bits per heavy atom. The molecule has 2 N–H and O–H groups in total. The number of nitrogens with one attached hydrogen (secondary N) is 2. The summed E-state index contributed by atoms with van der Waals surface area (Å²) in [5, 5.41) is 5.86. The van der Waals surface area contributed by atoms with Crippen LogP contribution in [0.2, 0.25) is 0 Å². The van der Waals surface area contributed by atoms with Crippen molar-refractivity contribution >= 4 is 39.2 Å². The Labute approximate surface area is 173 Å². The highest BCUT2D eigenvalue weighted by Crippen LogP contribution is 2.22. The van der Waals surface area contributed by atoms with Gasteiger partial charge in [-0.25, -0.2) is 4.98 Å². The van der Waals surface area contributed by atoms with Gasteiger partial charge in [0.15, 0.2) is 0 Å². The largest absolute Gasteiger partial charge is 0.325 e. The average molecular weight is 445 g/mol. The number of hydrogen-bond donors (Lipinski definition) is 2. The van der Waals surface area contributed by atoms with Crippen LogP contribution in [0.1, 0.15) is 25.3 Å². The van der Waals surface area contributed by atoms with Gasteiger partial charge in [0.25, 0.3) is 0 Å². The summed E-state index contributed by atoms with van der Waals surface area (Å²) in [5.41, 5.74) is 1.83. The Balaban J connectivity index is 1.50. The molecule has 0 bridgehead atoms. The van der Waals surface area contributed by atoms with Crippen molar-refractivity contribution in [1.82, 2.24) is 9.88 Å². The monoisotopic (exact) mass is 444 g/mol. The minimum atomic E-state index is -0.249. The maximum Gasteiger partial charge on any atom is 0.241 e. The molecule has 2 amide bonds. The van der Waals surface area contributed by atoms with Crippen molar-refractivity contribution in [3.8, 4) is 0 Å². The molecule has 3 rings (SSSR count). The van der Waals surface area contributed by atoms with Crippen LogP contribution in [0.25, 0.3) is 0 Å². The summed E-state index contributed by atoms with van der Waals surface area (Å²) >= 11 is 3.41. The summed E-state index contributed by atoms with van der Waals surface area (Å²) in [4.78, 5) is 31.4. The second-order valence-electron chi connectivity index (χ2n) is 7.19. The third-order valence-electron chi connectivity index (χ3n) is 5.09. The predicted molar refractivity (Wildman–Crippen MR) is 114 cm³/mol. The number of piperidine rings is 1. The number of nitrogens with zero attached hydrogens (tertiary/aromatic N) is 2. The van der Waals surface area contributed by atoms with E-state index < -0.39 is 0 Å². The summed E-state index contributed by atoms with van der Waals surface area (Å²) in [6.45, 7) is 5.31. The summed E-state index contributed by atoms with van der Waals surface area (Å²) in [6.07, 6.45) is 3.15. The highest BCUT2D eigenvalue weighted by atomic mass is 79.9. The van der Waals surface area contributed by atoms with Crippen molar-refractivity contribution in [3.63, 3.8) is 0 Å².